The highest BCUT2D eigenvalue weighted by Crippen LogP contribution is 2.30. The summed E-state index contributed by atoms with van der Waals surface area (Å²) in [5.41, 5.74) is 0.996. The Morgan fingerprint density at radius 3 is 3.13 bits per heavy atom. The molecule has 0 spiro atoms. The lowest BCUT2D eigenvalue weighted by Crippen LogP contribution is -2.27. The molecule has 1 aromatic rings. The van der Waals surface area contributed by atoms with Gasteiger partial charge in [0.25, 0.3) is 5.91 Å². The maximum atomic E-state index is 11.9. The van der Waals surface area contributed by atoms with Gasteiger partial charge in [-0.3, -0.25) is 4.79 Å². The number of hydrogen-bond acceptors (Lipinski definition) is 4. The van der Waals surface area contributed by atoms with Crippen molar-refractivity contribution in [2.75, 3.05) is 16.5 Å². The van der Waals surface area contributed by atoms with Gasteiger partial charge in [0.2, 0.25) is 0 Å². The lowest BCUT2D eigenvalue weighted by atomic mass is 10.1. The third kappa shape index (κ3) is 1.34. The summed E-state index contributed by atoms with van der Waals surface area (Å²) in [6, 6.07) is 5.49. The lowest BCUT2D eigenvalue weighted by Gasteiger charge is -2.11. The number of pyridine rings is 1. The summed E-state index contributed by atoms with van der Waals surface area (Å²) in [5, 5.41) is 5.75. The van der Waals surface area contributed by atoms with Gasteiger partial charge in [0.15, 0.2) is 5.82 Å². The molecule has 4 nitrogen and oxygen atoms in total. The van der Waals surface area contributed by atoms with E-state index in [1.54, 1.807) is 24.0 Å². The molecule has 1 atom stereocenters. The smallest absolute Gasteiger partial charge is 0.258 e. The van der Waals surface area contributed by atoms with Crippen LogP contribution in [0.5, 0.6) is 0 Å². The zero-order valence-electron chi connectivity index (χ0n) is 7.96. The van der Waals surface area contributed by atoms with E-state index in [1.807, 2.05) is 12.1 Å². The number of aromatic nitrogens is 1. The van der Waals surface area contributed by atoms with Gasteiger partial charge in [-0.05, 0) is 12.1 Å². The first-order valence-corrected chi connectivity index (χ1v) is 5.92. The molecule has 0 radical (unpaired) electrons. The van der Waals surface area contributed by atoms with E-state index in [0.717, 1.165) is 17.2 Å². The minimum atomic E-state index is -0.00277. The van der Waals surface area contributed by atoms with Crippen molar-refractivity contribution in [3.05, 3.63) is 24.4 Å². The van der Waals surface area contributed by atoms with Gasteiger partial charge in [-0.15, -0.1) is 0 Å². The van der Waals surface area contributed by atoms with Crippen molar-refractivity contribution in [3.8, 4) is 0 Å². The second-order valence-electron chi connectivity index (χ2n) is 3.50. The number of hydrazone groups is 1. The van der Waals surface area contributed by atoms with E-state index in [9.17, 15) is 4.79 Å². The molecule has 3 rings (SSSR count). The molecule has 15 heavy (non-hydrogen) atoms. The molecule has 1 saturated heterocycles. The fourth-order valence-corrected chi connectivity index (χ4v) is 2.92. The Kier molecular flexibility index (Phi) is 1.98. The highest BCUT2D eigenvalue weighted by atomic mass is 32.2. The molecule has 1 amide bonds. The molecule has 1 aromatic heterocycles. The zero-order valence-corrected chi connectivity index (χ0v) is 8.78. The van der Waals surface area contributed by atoms with Crippen LogP contribution in [-0.2, 0) is 4.79 Å². The summed E-state index contributed by atoms with van der Waals surface area (Å²) < 4.78 is 0. The molecule has 3 heterocycles. The van der Waals surface area contributed by atoms with Gasteiger partial charge in [-0.25, -0.2) is 4.98 Å². The Morgan fingerprint density at radius 2 is 2.40 bits per heavy atom. The number of hydrogen-bond donors (Lipinski definition) is 0. The van der Waals surface area contributed by atoms with Gasteiger partial charge in [0.1, 0.15) is 0 Å². The van der Waals surface area contributed by atoms with Gasteiger partial charge in [0, 0.05) is 17.7 Å². The van der Waals surface area contributed by atoms with Crippen molar-refractivity contribution < 1.29 is 4.79 Å². The molecule has 76 valence electrons. The van der Waals surface area contributed by atoms with Crippen molar-refractivity contribution >= 4 is 29.2 Å². The van der Waals surface area contributed by atoms with Gasteiger partial charge in [0.05, 0.1) is 11.6 Å². The Morgan fingerprint density at radius 1 is 1.47 bits per heavy atom. The number of anilines is 1. The highest BCUT2D eigenvalue weighted by Gasteiger charge is 2.40. The van der Waals surface area contributed by atoms with E-state index in [4.69, 9.17) is 0 Å². The Balaban J connectivity index is 1.97. The highest BCUT2D eigenvalue weighted by molar-refractivity contribution is 8.00. The standard InChI is InChI=1S/C10H9N3OS/c14-10-7-5-15-6-8(7)12-13(10)9-3-1-2-4-11-9/h1-4,7H,5-6H2. The van der Waals surface area contributed by atoms with Crippen LogP contribution < -0.4 is 5.01 Å². The van der Waals surface area contributed by atoms with E-state index in [1.165, 1.54) is 5.01 Å². The zero-order chi connectivity index (χ0) is 10.3. The van der Waals surface area contributed by atoms with E-state index >= 15 is 0 Å². The molecule has 0 bridgehead atoms. The minimum absolute atomic E-state index is 0.00277. The van der Waals surface area contributed by atoms with E-state index in [2.05, 4.69) is 10.1 Å². The number of rotatable bonds is 1. The summed E-state index contributed by atoms with van der Waals surface area (Å²) in [4.78, 5) is 16.1. The van der Waals surface area contributed by atoms with Crippen molar-refractivity contribution in [1.29, 1.82) is 0 Å². The van der Waals surface area contributed by atoms with Crippen molar-refractivity contribution in [3.63, 3.8) is 0 Å². The normalized spacial score (nSPS) is 24.3. The van der Waals surface area contributed by atoms with Gasteiger partial charge in [-0.1, -0.05) is 6.07 Å². The van der Waals surface area contributed by atoms with Crippen LogP contribution in [0.15, 0.2) is 29.5 Å². The summed E-state index contributed by atoms with van der Waals surface area (Å²) >= 11 is 1.77. The van der Waals surface area contributed by atoms with Crippen LogP contribution in [-0.4, -0.2) is 28.1 Å². The van der Waals surface area contributed by atoms with Crippen LogP contribution >= 0.6 is 11.8 Å². The molecule has 1 fully saturated rings. The van der Waals surface area contributed by atoms with Crippen molar-refractivity contribution in [1.82, 2.24) is 4.98 Å². The second-order valence-corrected chi connectivity index (χ2v) is 4.53. The molecule has 0 saturated carbocycles. The van der Waals surface area contributed by atoms with Gasteiger partial charge >= 0.3 is 0 Å². The van der Waals surface area contributed by atoms with Crippen LogP contribution in [0.4, 0.5) is 5.82 Å². The van der Waals surface area contributed by atoms with E-state index in [-0.39, 0.29) is 11.8 Å². The minimum Gasteiger partial charge on any atom is -0.272 e. The number of thioether (sulfide) groups is 1. The molecule has 2 aliphatic heterocycles. The fourth-order valence-electron chi connectivity index (χ4n) is 1.76. The summed E-state index contributed by atoms with van der Waals surface area (Å²) in [6.07, 6.45) is 1.67. The largest absolute Gasteiger partial charge is 0.272 e. The Bertz CT molecular complexity index is 432. The predicted octanol–water partition coefficient (Wildman–Crippen LogP) is 1.15. The first kappa shape index (κ1) is 8.91. The average molecular weight is 219 g/mol. The number of amides is 1. The maximum Gasteiger partial charge on any atom is 0.258 e. The third-order valence-electron chi connectivity index (χ3n) is 2.54. The van der Waals surface area contributed by atoms with Crippen LogP contribution in [0.3, 0.4) is 0 Å². The maximum absolute atomic E-state index is 11.9. The molecule has 0 aliphatic carbocycles. The van der Waals surface area contributed by atoms with Crippen LogP contribution in [0.25, 0.3) is 0 Å². The van der Waals surface area contributed by atoms with Gasteiger partial charge < -0.3 is 0 Å². The number of carbonyl (C=O) groups excluding carboxylic acids is 1. The summed E-state index contributed by atoms with van der Waals surface area (Å²) in [7, 11) is 0. The van der Waals surface area contributed by atoms with Crippen molar-refractivity contribution in [2.45, 2.75) is 0 Å². The first-order valence-electron chi connectivity index (χ1n) is 4.76. The Labute approximate surface area is 91.4 Å². The van der Waals surface area contributed by atoms with Crippen LogP contribution in [0.1, 0.15) is 0 Å². The van der Waals surface area contributed by atoms with Gasteiger partial charge in [-0.2, -0.15) is 21.9 Å². The molecule has 1 unspecified atom stereocenters. The van der Waals surface area contributed by atoms with Crippen LogP contribution in [0.2, 0.25) is 0 Å². The summed E-state index contributed by atoms with van der Waals surface area (Å²) in [5.74, 6) is 2.42. The molecule has 0 aromatic carbocycles. The van der Waals surface area contributed by atoms with Crippen molar-refractivity contribution in [2.24, 2.45) is 11.0 Å². The monoisotopic (exact) mass is 219 g/mol. The topological polar surface area (TPSA) is 45.6 Å². The Hall–Kier alpha value is -1.36. The number of carbonyl (C=O) groups is 1. The number of nitrogens with zero attached hydrogens (tertiary/aromatic N) is 3. The van der Waals surface area contributed by atoms with Crippen LogP contribution in [0, 0.1) is 5.92 Å². The quantitative estimate of drug-likeness (QED) is 0.711. The second kappa shape index (κ2) is 3.34. The van der Waals surface area contributed by atoms with E-state index < -0.39 is 0 Å². The first-order chi connectivity index (χ1) is 7.36. The SMILES string of the molecule is O=C1C2CSCC2=NN1c1ccccn1. The molecular weight excluding hydrogens is 210 g/mol. The molecular formula is C10H9N3OS. The molecule has 0 N–H and O–H groups in total. The predicted molar refractivity (Wildman–Crippen MR) is 60.0 cm³/mol. The average Bonchev–Trinajstić information content (AvgIpc) is 2.83. The molecule has 5 heteroatoms. The fraction of sp³-hybridized carbons (Fsp3) is 0.300. The molecule has 2 aliphatic rings. The number of fused-ring (bicyclic) bond motifs is 1. The third-order valence-corrected chi connectivity index (χ3v) is 3.61. The van der Waals surface area contributed by atoms with E-state index in [0.29, 0.717) is 5.82 Å². The summed E-state index contributed by atoms with van der Waals surface area (Å²) in [6.45, 7) is 0. The lowest BCUT2D eigenvalue weighted by molar-refractivity contribution is -0.119.